The Morgan fingerprint density at radius 2 is 1.73 bits per heavy atom. The average Bonchev–Trinajstić information content (AvgIpc) is 1.56. The first-order chi connectivity index (χ1) is 4.63. The van der Waals surface area contributed by atoms with Crippen LogP contribution in [0.15, 0.2) is 0 Å². The van der Waals surface area contributed by atoms with Gasteiger partial charge in [-0.25, -0.2) is 9.36 Å². The van der Waals surface area contributed by atoms with E-state index in [0.29, 0.717) is 0 Å². The fourth-order valence-electron chi connectivity index (χ4n) is 0.321. The molecule has 0 spiro atoms. The highest BCUT2D eigenvalue weighted by atomic mass is 31.2. The molecular weight excluding hydrogens is 171 g/mol. The van der Waals surface area contributed by atoms with Crippen LogP contribution < -0.4 is 0 Å². The van der Waals surface area contributed by atoms with Crippen molar-refractivity contribution in [1.82, 2.24) is 0 Å². The SMILES string of the molecule is CC(C)(C)OC(=O)P(=O)(O)O. The highest BCUT2D eigenvalue weighted by Gasteiger charge is 2.31. The van der Waals surface area contributed by atoms with Crippen LogP contribution in [0.3, 0.4) is 0 Å². The number of carbonyl (C=O) groups is 1. The molecule has 0 unspecified atom stereocenters. The number of ether oxygens (including phenoxy) is 1. The Morgan fingerprint density at radius 1 is 1.36 bits per heavy atom. The predicted molar refractivity (Wildman–Crippen MR) is 38.3 cm³/mol. The van der Waals surface area contributed by atoms with Gasteiger partial charge < -0.3 is 14.5 Å². The Hall–Kier alpha value is -0.380. The molecule has 0 saturated heterocycles. The molecule has 0 aliphatic carbocycles. The van der Waals surface area contributed by atoms with E-state index in [1.165, 1.54) is 20.8 Å². The molecular formula is C5H11O5P. The van der Waals surface area contributed by atoms with Crippen LogP contribution in [0.2, 0.25) is 0 Å². The Balaban J connectivity index is 4.23. The molecule has 0 rings (SSSR count). The number of hydrogen-bond acceptors (Lipinski definition) is 3. The largest absolute Gasteiger partial charge is 0.451 e. The zero-order valence-corrected chi connectivity index (χ0v) is 7.46. The minimum atomic E-state index is -4.71. The van der Waals surface area contributed by atoms with Crippen molar-refractivity contribution in [2.45, 2.75) is 26.4 Å². The maximum Gasteiger partial charge on any atom is 0.433 e. The molecule has 11 heavy (non-hydrogen) atoms. The molecule has 0 bridgehead atoms. The van der Waals surface area contributed by atoms with Gasteiger partial charge in [0.2, 0.25) is 0 Å². The van der Waals surface area contributed by atoms with Gasteiger partial charge in [-0.05, 0) is 20.8 Å². The summed E-state index contributed by atoms with van der Waals surface area (Å²) < 4.78 is 14.6. The minimum Gasteiger partial charge on any atom is -0.451 e. The molecule has 0 aliphatic heterocycles. The normalized spacial score (nSPS) is 12.8. The van der Waals surface area contributed by atoms with Gasteiger partial charge in [0.1, 0.15) is 5.60 Å². The number of carbonyl (C=O) groups excluding carboxylic acids is 1. The second-order valence-electron chi connectivity index (χ2n) is 3.02. The van der Waals surface area contributed by atoms with E-state index in [2.05, 4.69) is 4.74 Å². The molecule has 0 radical (unpaired) electrons. The maximum absolute atomic E-state index is 10.5. The predicted octanol–water partition coefficient (Wildman–Crippen LogP) is 1.10. The first-order valence-corrected chi connectivity index (χ1v) is 4.53. The van der Waals surface area contributed by atoms with Crippen molar-refractivity contribution in [3.05, 3.63) is 0 Å². The van der Waals surface area contributed by atoms with E-state index in [1.807, 2.05) is 0 Å². The molecule has 5 nitrogen and oxygen atoms in total. The van der Waals surface area contributed by atoms with Crippen molar-refractivity contribution in [2.24, 2.45) is 0 Å². The van der Waals surface area contributed by atoms with Crippen molar-refractivity contribution in [2.75, 3.05) is 0 Å². The van der Waals surface area contributed by atoms with E-state index in [1.54, 1.807) is 0 Å². The van der Waals surface area contributed by atoms with Gasteiger partial charge in [0, 0.05) is 0 Å². The summed E-state index contributed by atoms with van der Waals surface area (Å²) in [6.07, 6.45) is 0. The Labute approximate surface area is 64.5 Å². The molecule has 0 aliphatic rings. The highest BCUT2D eigenvalue weighted by molar-refractivity contribution is 7.69. The Kier molecular flexibility index (Phi) is 2.83. The molecule has 6 heteroatoms. The van der Waals surface area contributed by atoms with E-state index in [4.69, 9.17) is 9.79 Å². The smallest absolute Gasteiger partial charge is 0.433 e. The summed E-state index contributed by atoms with van der Waals surface area (Å²) in [7, 11) is -4.71. The van der Waals surface area contributed by atoms with Gasteiger partial charge in [-0.15, -0.1) is 0 Å². The van der Waals surface area contributed by atoms with Crippen LogP contribution in [0.5, 0.6) is 0 Å². The topological polar surface area (TPSA) is 83.8 Å². The number of rotatable bonds is 1. The summed E-state index contributed by atoms with van der Waals surface area (Å²) in [6.45, 7) is 4.58. The lowest BCUT2D eigenvalue weighted by molar-refractivity contribution is 0.0669. The van der Waals surface area contributed by atoms with E-state index in [0.717, 1.165) is 0 Å². The molecule has 0 saturated carbocycles. The summed E-state index contributed by atoms with van der Waals surface area (Å²) in [4.78, 5) is 27.1. The third-order valence-corrected chi connectivity index (χ3v) is 1.20. The molecule has 0 fully saturated rings. The molecule has 0 heterocycles. The highest BCUT2D eigenvalue weighted by Crippen LogP contribution is 2.38. The van der Waals surface area contributed by atoms with Crippen LogP contribution in [-0.2, 0) is 9.30 Å². The summed E-state index contributed by atoms with van der Waals surface area (Å²) >= 11 is 0. The third-order valence-electron chi connectivity index (χ3n) is 0.631. The fraction of sp³-hybridized carbons (Fsp3) is 0.800. The van der Waals surface area contributed by atoms with E-state index < -0.39 is 18.9 Å². The second kappa shape index (κ2) is 2.93. The quantitative estimate of drug-likeness (QED) is 0.593. The van der Waals surface area contributed by atoms with E-state index in [-0.39, 0.29) is 0 Å². The first kappa shape index (κ1) is 10.6. The van der Waals surface area contributed by atoms with E-state index in [9.17, 15) is 9.36 Å². The lowest BCUT2D eigenvalue weighted by Gasteiger charge is -2.19. The Morgan fingerprint density at radius 3 is 1.82 bits per heavy atom. The van der Waals surface area contributed by atoms with Crippen LogP contribution >= 0.6 is 7.60 Å². The summed E-state index contributed by atoms with van der Waals surface area (Å²) in [5, 5.41) is 0. The van der Waals surface area contributed by atoms with E-state index >= 15 is 0 Å². The van der Waals surface area contributed by atoms with Crippen molar-refractivity contribution in [1.29, 1.82) is 0 Å². The molecule has 0 atom stereocenters. The summed E-state index contributed by atoms with van der Waals surface area (Å²) in [6, 6.07) is 0. The van der Waals surface area contributed by atoms with Crippen LogP contribution in [0.1, 0.15) is 20.8 Å². The lowest BCUT2D eigenvalue weighted by atomic mass is 10.2. The van der Waals surface area contributed by atoms with Gasteiger partial charge in [0.25, 0.3) is 0 Å². The Bertz CT molecular complexity index is 197. The van der Waals surface area contributed by atoms with Gasteiger partial charge in [0.05, 0.1) is 0 Å². The van der Waals surface area contributed by atoms with Crippen molar-refractivity contribution in [3.63, 3.8) is 0 Å². The standard InChI is InChI=1S/C5H11O5P/c1-5(2,3)10-4(6)11(7,8)9/h1-3H3,(H2,7,8,9). The maximum atomic E-state index is 10.5. The van der Waals surface area contributed by atoms with Gasteiger partial charge in [-0.2, -0.15) is 0 Å². The lowest BCUT2D eigenvalue weighted by Crippen LogP contribution is -2.22. The van der Waals surface area contributed by atoms with Crippen LogP contribution in [-0.4, -0.2) is 21.1 Å². The first-order valence-electron chi connectivity index (χ1n) is 2.92. The van der Waals surface area contributed by atoms with Crippen LogP contribution in [0, 0.1) is 0 Å². The van der Waals surface area contributed by atoms with Crippen molar-refractivity contribution < 1.29 is 23.9 Å². The molecule has 0 aromatic rings. The van der Waals surface area contributed by atoms with Gasteiger partial charge >= 0.3 is 13.3 Å². The molecule has 0 aromatic heterocycles. The monoisotopic (exact) mass is 182 g/mol. The second-order valence-corrected chi connectivity index (χ2v) is 4.48. The third kappa shape index (κ3) is 4.95. The zero-order valence-electron chi connectivity index (χ0n) is 6.57. The number of hydrogen-bond donors (Lipinski definition) is 2. The fourth-order valence-corrected chi connectivity index (χ4v) is 0.714. The molecule has 0 aromatic carbocycles. The van der Waals surface area contributed by atoms with Crippen molar-refractivity contribution in [3.8, 4) is 0 Å². The van der Waals surface area contributed by atoms with Gasteiger partial charge in [-0.3, -0.25) is 0 Å². The van der Waals surface area contributed by atoms with Crippen LogP contribution in [0.25, 0.3) is 0 Å². The summed E-state index contributed by atoms with van der Waals surface area (Å²) in [5.41, 5.74) is -2.34. The van der Waals surface area contributed by atoms with Crippen molar-refractivity contribution >= 4 is 13.3 Å². The average molecular weight is 182 g/mol. The molecule has 66 valence electrons. The molecule has 2 N–H and O–H groups in total. The zero-order chi connectivity index (χ0) is 9.28. The van der Waals surface area contributed by atoms with Crippen LogP contribution in [0.4, 0.5) is 4.79 Å². The molecule has 0 amide bonds. The minimum absolute atomic E-state index is 0.863. The van der Waals surface area contributed by atoms with Gasteiger partial charge in [0.15, 0.2) is 0 Å². The summed E-state index contributed by atoms with van der Waals surface area (Å²) in [5.74, 6) is 0. The van der Waals surface area contributed by atoms with Gasteiger partial charge in [-0.1, -0.05) is 0 Å².